The van der Waals surface area contributed by atoms with E-state index in [9.17, 15) is 16.8 Å². The molecule has 0 fully saturated rings. The summed E-state index contributed by atoms with van der Waals surface area (Å²) in [6.45, 7) is 3.53. The third-order valence-electron chi connectivity index (χ3n) is 6.19. The molecule has 0 spiro atoms. The zero-order valence-electron chi connectivity index (χ0n) is 24.1. The Bertz CT molecular complexity index is 1800. The second-order valence-electron chi connectivity index (χ2n) is 9.18. The van der Waals surface area contributed by atoms with Gasteiger partial charge in [0.1, 0.15) is 0 Å². The SMILES string of the molecule is CNS(=O)(=O)c1ccc(C(C)=NNc2cc(NN=C(C)c3ccc(S(=O)(=O)NC)cc3)nc(Nc3cccc(Cl)c3)n2)cc1. The molecule has 4 aromatic rings. The van der Waals surface area contributed by atoms with E-state index in [1.807, 2.05) is 6.07 Å². The van der Waals surface area contributed by atoms with E-state index in [1.165, 1.54) is 38.4 Å². The first-order chi connectivity index (χ1) is 20.9. The van der Waals surface area contributed by atoms with Crippen LogP contribution in [-0.4, -0.2) is 52.3 Å². The average Bonchev–Trinajstić information content (AvgIpc) is 3.02. The summed E-state index contributed by atoms with van der Waals surface area (Å²) in [4.78, 5) is 9.25. The van der Waals surface area contributed by atoms with Gasteiger partial charge in [0.15, 0.2) is 11.6 Å². The van der Waals surface area contributed by atoms with E-state index in [2.05, 4.69) is 45.8 Å². The summed E-state index contributed by atoms with van der Waals surface area (Å²) < 4.78 is 52.7. The van der Waals surface area contributed by atoms with E-state index in [0.29, 0.717) is 44.9 Å². The molecule has 3 aromatic carbocycles. The Morgan fingerprint density at radius 2 is 1.14 bits per heavy atom. The number of hydrazone groups is 2. The van der Waals surface area contributed by atoms with Gasteiger partial charge in [0, 0.05) is 16.8 Å². The first-order valence-corrected chi connectivity index (χ1v) is 16.3. The molecule has 5 N–H and O–H groups in total. The van der Waals surface area contributed by atoms with Crippen LogP contribution < -0.4 is 25.6 Å². The topological polar surface area (TPSA) is 179 Å². The molecule has 0 saturated heterocycles. The standard InChI is InChI=1S/C28H30ClN9O4S2/c1-18(20-8-12-24(13-9-20)43(39,40)30-3)35-37-26-17-27(34-28(33-26)32-23-7-5-6-22(29)16-23)38-36-19(2)21-10-14-25(15-11-21)44(41,42)31-4/h5-17,30-31H,1-4H3,(H3,32,33,34,37,38). The summed E-state index contributed by atoms with van der Waals surface area (Å²) in [5.74, 6) is 0.884. The number of nitrogens with one attached hydrogen (secondary N) is 5. The molecule has 16 heteroatoms. The van der Waals surface area contributed by atoms with E-state index >= 15 is 0 Å². The van der Waals surface area contributed by atoms with E-state index < -0.39 is 20.0 Å². The zero-order chi connectivity index (χ0) is 31.9. The molecule has 0 aliphatic carbocycles. The number of nitrogens with zero attached hydrogens (tertiary/aromatic N) is 4. The van der Waals surface area contributed by atoms with E-state index in [-0.39, 0.29) is 15.7 Å². The summed E-state index contributed by atoms with van der Waals surface area (Å²) in [6.07, 6.45) is 0. The molecule has 44 heavy (non-hydrogen) atoms. The van der Waals surface area contributed by atoms with Gasteiger partial charge >= 0.3 is 0 Å². The molecule has 0 aliphatic heterocycles. The molecular formula is C28H30ClN9O4S2. The number of aromatic nitrogens is 2. The summed E-state index contributed by atoms with van der Waals surface area (Å²) in [6, 6.07) is 21.3. The Hall–Kier alpha value is -4.41. The first-order valence-electron chi connectivity index (χ1n) is 13.0. The van der Waals surface area contributed by atoms with Crippen LogP contribution >= 0.6 is 11.6 Å². The highest BCUT2D eigenvalue weighted by atomic mass is 35.5. The zero-order valence-corrected chi connectivity index (χ0v) is 26.5. The van der Waals surface area contributed by atoms with Gasteiger partial charge in [-0.2, -0.15) is 20.2 Å². The highest BCUT2D eigenvalue weighted by Crippen LogP contribution is 2.22. The highest BCUT2D eigenvalue weighted by Gasteiger charge is 2.13. The maximum Gasteiger partial charge on any atom is 0.240 e. The van der Waals surface area contributed by atoms with E-state index in [0.717, 1.165) is 0 Å². The first kappa shape index (κ1) is 32.5. The quantitative estimate of drug-likeness (QED) is 0.109. The smallest absolute Gasteiger partial charge is 0.240 e. The number of sulfonamides is 2. The van der Waals surface area contributed by atoms with Crippen molar-refractivity contribution in [1.82, 2.24) is 19.4 Å². The van der Waals surface area contributed by atoms with Crippen molar-refractivity contribution >= 4 is 66.3 Å². The lowest BCUT2D eigenvalue weighted by Crippen LogP contribution is -2.18. The van der Waals surface area contributed by atoms with Crippen LogP contribution in [0.15, 0.2) is 98.9 Å². The van der Waals surface area contributed by atoms with Crippen molar-refractivity contribution in [2.45, 2.75) is 23.6 Å². The van der Waals surface area contributed by atoms with Crippen LogP contribution in [-0.2, 0) is 20.0 Å². The minimum atomic E-state index is -3.55. The van der Waals surface area contributed by atoms with Crippen molar-refractivity contribution in [3.8, 4) is 0 Å². The van der Waals surface area contributed by atoms with Crippen molar-refractivity contribution in [3.63, 3.8) is 0 Å². The van der Waals surface area contributed by atoms with Crippen LogP contribution in [0.25, 0.3) is 0 Å². The molecule has 0 atom stereocenters. The maximum atomic E-state index is 12.0. The molecule has 4 rings (SSSR count). The van der Waals surface area contributed by atoms with Gasteiger partial charge in [-0.25, -0.2) is 26.3 Å². The lowest BCUT2D eigenvalue weighted by Gasteiger charge is -2.11. The largest absolute Gasteiger partial charge is 0.324 e. The molecule has 0 aliphatic rings. The second kappa shape index (κ2) is 13.9. The van der Waals surface area contributed by atoms with Gasteiger partial charge in [0.25, 0.3) is 0 Å². The number of hydrogen-bond acceptors (Lipinski definition) is 11. The molecule has 13 nitrogen and oxygen atoms in total. The van der Waals surface area contributed by atoms with Crippen LogP contribution in [0.3, 0.4) is 0 Å². The van der Waals surface area contributed by atoms with Gasteiger partial charge in [-0.15, -0.1) is 0 Å². The minimum Gasteiger partial charge on any atom is -0.324 e. The van der Waals surface area contributed by atoms with Crippen molar-refractivity contribution in [3.05, 3.63) is 95.0 Å². The van der Waals surface area contributed by atoms with Crippen molar-refractivity contribution < 1.29 is 16.8 Å². The fourth-order valence-corrected chi connectivity index (χ4v) is 5.36. The highest BCUT2D eigenvalue weighted by molar-refractivity contribution is 7.89. The van der Waals surface area contributed by atoms with Gasteiger partial charge in [0.2, 0.25) is 26.0 Å². The Morgan fingerprint density at radius 1 is 0.682 bits per heavy atom. The third kappa shape index (κ3) is 8.36. The van der Waals surface area contributed by atoms with Crippen LogP contribution in [0.5, 0.6) is 0 Å². The third-order valence-corrected chi connectivity index (χ3v) is 9.28. The normalized spacial score (nSPS) is 12.6. The van der Waals surface area contributed by atoms with E-state index in [1.54, 1.807) is 62.4 Å². The summed E-state index contributed by atoms with van der Waals surface area (Å²) in [5, 5.41) is 12.4. The minimum absolute atomic E-state index is 0.141. The van der Waals surface area contributed by atoms with E-state index in [4.69, 9.17) is 11.6 Å². The predicted octanol–water partition coefficient (Wildman–Crippen LogP) is 4.36. The lowest BCUT2D eigenvalue weighted by atomic mass is 10.1. The van der Waals surface area contributed by atoms with Gasteiger partial charge in [0.05, 0.1) is 21.2 Å². The molecule has 1 aromatic heterocycles. The number of hydrogen-bond donors (Lipinski definition) is 5. The molecule has 1 heterocycles. The molecular weight excluding hydrogens is 626 g/mol. The monoisotopic (exact) mass is 655 g/mol. The van der Waals surface area contributed by atoms with Gasteiger partial charge < -0.3 is 5.32 Å². The summed E-state index contributed by atoms with van der Waals surface area (Å²) >= 11 is 6.13. The number of rotatable bonds is 12. The molecule has 0 unspecified atom stereocenters. The molecule has 0 amide bonds. The predicted molar refractivity (Wildman–Crippen MR) is 174 cm³/mol. The van der Waals surface area contributed by atoms with Crippen LogP contribution in [0.1, 0.15) is 25.0 Å². The molecule has 230 valence electrons. The Morgan fingerprint density at radius 3 is 1.55 bits per heavy atom. The Kier molecular flexibility index (Phi) is 10.3. The van der Waals surface area contributed by atoms with Gasteiger partial charge in [-0.3, -0.25) is 10.9 Å². The van der Waals surface area contributed by atoms with Crippen molar-refractivity contribution in [2.24, 2.45) is 10.2 Å². The summed E-state index contributed by atoms with van der Waals surface area (Å²) in [5.41, 5.74) is 9.04. The summed E-state index contributed by atoms with van der Waals surface area (Å²) in [7, 11) is -4.41. The van der Waals surface area contributed by atoms with Crippen LogP contribution in [0.4, 0.5) is 23.3 Å². The average molecular weight is 656 g/mol. The lowest BCUT2D eigenvalue weighted by molar-refractivity contribution is 0.586. The fourth-order valence-electron chi connectivity index (χ4n) is 3.71. The van der Waals surface area contributed by atoms with Crippen LogP contribution in [0.2, 0.25) is 5.02 Å². The fraction of sp³-hybridized carbons (Fsp3) is 0.143. The number of anilines is 4. The van der Waals surface area contributed by atoms with Crippen molar-refractivity contribution in [2.75, 3.05) is 30.3 Å². The Balaban J connectivity index is 1.59. The molecule has 0 radical (unpaired) electrons. The number of halogens is 1. The Labute approximate surface area is 261 Å². The second-order valence-corrected chi connectivity index (χ2v) is 13.4. The van der Waals surface area contributed by atoms with Gasteiger partial charge in [-0.05, 0) is 81.5 Å². The molecule has 0 saturated carbocycles. The number of benzene rings is 3. The van der Waals surface area contributed by atoms with Crippen molar-refractivity contribution in [1.29, 1.82) is 0 Å². The molecule has 0 bridgehead atoms. The maximum absolute atomic E-state index is 12.0. The van der Waals surface area contributed by atoms with Gasteiger partial charge in [-0.1, -0.05) is 41.9 Å². The van der Waals surface area contributed by atoms with Crippen LogP contribution in [0, 0.1) is 0 Å².